The van der Waals surface area contributed by atoms with Crippen molar-refractivity contribution in [3.63, 3.8) is 0 Å². The first-order valence-electron chi connectivity index (χ1n) is 4.36. The molecule has 0 amide bonds. The molecule has 1 aromatic carbocycles. The van der Waals surface area contributed by atoms with Crippen molar-refractivity contribution in [1.29, 1.82) is 0 Å². The van der Waals surface area contributed by atoms with Crippen LogP contribution >= 0.6 is 0 Å². The monoisotopic (exact) mass is 220 g/mol. The fourth-order valence-electron chi connectivity index (χ4n) is 1.06. The lowest BCUT2D eigenvalue weighted by Gasteiger charge is -2.12. The highest BCUT2D eigenvalue weighted by atomic mass is 19.4. The van der Waals surface area contributed by atoms with E-state index in [2.05, 4.69) is 4.74 Å². The van der Waals surface area contributed by atoms with E-state index in [1.165, 1.54) is 0 Å². The molecule has 15 heavy (non-hydrogen) atoms. The van der Waals surface area contributed by atoms with Gasteiger partial charge in [0.15, 0.2) is 0 Å². The Morgan fingerprint density at radius 2 is 1.80 bits per heavy atom. The summed E-state index contributed by atoms with van der Waals surface area (Å²) < 4.78 is 39.4. The summed E-state index contributed by atoms with van der Waals surface area (Å²) in [6.45, 7) is -1.69. The summed E-state index contributed by atoms with van der Waals surface area (Å²) in [6, 6.07) is 8.40. The van der Waals surface area contributed by atoms with Crippen LogP contribution in [0.25, 0.3) is 0 Å². The average molecular weight is 220 g/mol. The van der Waals surface area contributed by atoms with Crippen LogP contribution in [0.1, 0.15) is 11.7 Å². The van der Waals surface area contributed by atoms with E-state index in [9.17, 15) is 18.3 Å². The maximum absolute atomic E-state index is 11.7. The molecule has 0 radical (unpaired) electrons. The molecule has 1 aromatic rings. The average Bonchev–Trinajstić information content (AvgIpc) is 2.17. The molecule has 0 aromatic heterocycles. The summed E-state index contributed by atoms with van der Waals surface area (Å²) in [6.07, 6.45) is -5.37. The van der Waals surface area contributed by atoms with Crippen LogP contribution in [0.3, 0.4) is 0 Å². The van der Waals surface area contributed by atoms with Gasteiger partial charge in [-0.1, -0.05) is 30.3 Å². The molecular formula is C10H11F3O2. The first-order valence-corrected chi connectivity index (χ1v) is 4.36. The van der Waals surface area contributed by atoms with Crippen molar-refractivity contribution in [2.75, 3.05) is 13.2 Å². The van der Waals surface area contributed by atoms with Crippen molar-refractivity contribution in [1.82, 2.24) is 0 Å². The van der Waals surface area contributed by atoms with Crippen LogP contribution in [-0.4, -0.2) is 24.5 Å². The molecule has 0 heterocycles. The Kier molecular flexibility index (Phi) is 4.11. The van der Waals surface area contributed by atoms with E-state index >= 15 is 0 Å². The summed E-state index contributed by atoms with van der Waals surface area (Å²) in [7, 11) is 0. The lowest BCUT2D eigenvalue weighted by molar-refractivity contribution is -0.179. The standard InChI is InChI=1S/C10H11F3O2/c11-10(12,13)7-15-6-9(14)8-4-2-1-3-5-8/h1-5,9,14H,6-7H2/t9-/m1/s1. The molecule has 1 N–H and O–H groups in total. The van der Waals surface area contributed by atoms with Gasteiger partial charge in [-0.15, -0.1) is 0 Å². The summed E-state index contributed by atoms with van der Waals surface area (Å²) in [4.78, 5) is 0. The molecule has 0 saturated carbocycles. The molecule has 0 aliphatic carbocycles. The third-order valence-corrected chi connectivity index (χ3v) is 1.73. The quantitative estimate of drug-likeness (QED) is 0.843. The number of aliphatic hydroxyl groups is 1. The zero-order valence-electron chi connectivity index (χ0n) is 7.87. The summed E-state index contributed by atoms with van der Waals surface area (Å²) in [5.41, 5.74) is 0.541. The first kappa shape index (κ1) is 12.0. The van der Waals surface area contributed by atoms with Gasteiger partial charge in [-0.3, -0.25) is 0 Å². The highest BCUT2D eigenvalue weighted by molar-refractivity contribution is 5.17. The number of hydrogen-bond donors (Lipinski definition) is 1. The van der Waals surface area contributed by atoms with Gasteiger partial charge < -0.3 is 9.84 Å². The van der Waals surface area contributed by atoms with E-state index < -0.39 is 18.9 Å². The molecule has 0 bridgehead atoms. The van der Waals surface area contributed by atoms with Gasteiger partial charge in [0.05, 0.1) is 6.61 Å². The largest absolute Gasteiger partial charge is 0.411 e. The van der Waals surface area contributed by atoms with Crippen molar-refractivity contribution < 1.29 is 23.0 Å². The second-order valence-corrected chi connectivity index (χ2v) is 3.06. The van der Waals surface area contributed by atoms with E-state index in [4.69, 9.17) is 0 Å². The number of aliphatic hydroxyl groups excluding tert-OH is 1. The van der Waals surface area contributed by atoms with Crippen molar-refractivity contribution in [3.8, 4) is 0 Å². The molecule has 0 aliphatic rings. The van der Waals surface area contributed by atoms with Crippen LogP contribution in [0.5, 0.6) is 0 Å². The van der Waals surface area contributed by atoms with Crippen molar-refractivity contribution in [2.45, 2.75) is 12.3 Å². The Labute approximate surface area is 85.3 Å². The van der Waals surface area contributed by atoms with Gasteiger partial charge in [0.25, 0.3) is 0 Å². The van der Waals surface area contributed by atoms with E-state index in [0.29, 0.717) is 5.56 Å². The highest BCUT2D eigenvalue weighted by Gasteiger charge is 2.27. The van der Waals surface area contributed by atoms with Crippen molar-refractivity contribution in [2.24, 2.45) is 0 Å². The SMILES string of the molecule is O[C@H](COCC(F)(F)F)c1ccccc1. The minimum Gasteiger partial charge on any atom is -0.386 e. The molecule has 0 aliphatic heterocycles. The highest BCUT2D eigenvalue weighted by Crippen LogP contribution is 2.17. The van der Waals surface area contributed by atoms with Crippen LogP contribution < -0.4 is 0 Å². The third kappa shape index (κ3) is 4.80. The lowest BCUT2D eigenvalue weighted by Crippen LogP contribution is -2.19. The van der Waals surface area contributed by atoms with Crippen molar-refractivity contribution in [3.05, 3.63) is 35.9 Å². The van der Waals surface area contributed by atoms with Gasteiger partial charge >= 0.3 is 6.18 Å². The Morgan fingerprint density at radius 3 is 2.33 bits per heavy atom. The van der Waals surface area contributed by atoms with Crippen LogP contribution in [0, 0.1) is 0 Å². The molecule has 0 fully saturated rings. The molecule has 1 rings (SSSR count). The Hall–Kier alpha value is -1.07. The van der Waals surface area contributed by atoms with Gasteiger partial charge in [-0.2, -0.15) is 13.2 Å². The van der Waals surface area contributed by atoms with E-state index in [0.717, 1.165) is 0 Å². The zero-order chi connectivity index (χ0) is 11.3. The molecule has 0 saturated heterocycles. The molecule has 5 heteroatoms. The topological polar surface area (TPSA) is 29.5 Å². The van der Waals surface area contributed by atoms with Crippen LogP contribution in [0.4, 0.5) is 13.2 Å². The van der Waals surface area contributed by atoms with Crippen LogP contribution in [-0.2, 0) is 4.74 Å². The van der Waals surface area contributed by atoms with E-state index in [-0.39, 0.29) is 6.61 Å². The minimum atomic E-state index is -4.35. The van der Waals surface area contributed by atoms with Gasteiger partial charge in [0, 0.05) is 0 Å². The molecule has 2 nitrogen and oxygen atoms in total. The Morgan fingerprint density at radius 1 is 1.20 bits per heavy atom. The minimum absolute atomic E-state index is 0.358. The fourth-order valence-corrected chi connectivity index (χ4v) is 1.06. The molecular weight excluding hydrogens is 209 g/mol. The third-order valence-electron chi connectivity index (χ3n) is 1.73. The molecule has 84 valence electrons. The van der Waals surface area contributed by atoms with Crippen LogP contribution in [0.2, 0.25) is 0 Å². The van der Waals surface area contributed by atoms with Gasteiger partial charge in [-0.05, 0) is 5.56 Å². The van der Waals surface area contributed by atoms with Gasteiger partial charge in [0.2, 0.25) is 0 Å². The van der Waals surface area contributed by atoms with Crippen molar-refractivity contribution >= 4 is 0 Å². The smallest absolute Gasteiger partial charge is 0.386 e. The maximum atomic E-state index is 11.7. The molecule has 0 spiro atoms. The Balaban J connectivity index is 2.34. The number of hydrogen-bond acceptors (Lipinski definition) is 2. The van der Waals surface area contributed by atoms with Crippen LogP contribution in [0.15, 0.2) is 30.3 Å². The Bertz CT molecular complexity index is 284. The van der Waals surface area contributed by atoms with E-state index in [1.807, 2.05) is 0 Å². The lowest BCUT2D eigenvalue weighted by atomic mass is 10.1. The maximum Gasteiger partial charge on any atom is 0.411 e. The molecule has 1 atom stereocenters. The second kappa shape index (κ2) is 5.14. The van der Waals surface area contributed by atoms with E-state index in [1.54, 1.807) is 30.3 Å². The zero-order valence-corrected chi connectivity index (χ0v) is 7.87. The summed E-state index contributed by atoms with van der Waals surface area (Å²) in [5, 5.41) is 9.43. The number of halogens is 3. The summed E-state index contributed by atoms with van der Waals surface area (Å²) in [5.74, 6) is 0. The summed E-state index contributed by atoms with van der Waals surface area (Å²) >= 11 is 0. The number of alkyl halides is 3. The number of rotatable bonds is 4. The second-order valence-electron chi connectivity index (χ2n) is 3.06. The number of benzene rings is 1. The normalized spacial score (nSPS) is 13.9. The number of ether oxygens (including phenoxy) is 1. The first-order chi connectivity index (χ1) is 6.99. The predicted molar refractivity (Wildman–Crippen MR) is 48.3 cm³/mol. The molecule has 0 unspecified atom stereocenters. The van der Waals surface area contributed by atoms with Gasteiger partial charge in [0.1, 0.15) is 12.7 Å². The fraction of sp³-hybridized carbons (Fsp3) is 0.400. The van der Waals surface area contributed by atoms with Gasteiger partial charge in [-0.25, -0.2) is 0 Å². The predicted octanol–water partition coefficient (Wildman–Crippen LogP) is 2.30.